The van der Waals surface area contributed by atoms with Gasteiger partial charge in [0.2, 0.25) is 0 Å². The maximum absolute atomic E-state index is 13.0. The van der Waals surface area contributed by atoms with E-state index in [-0.39, 0.29) is 5.91 Å². The topological polar surface area (TPSA) is 45.1 Å². The lowest BCUT2D eigenvalue weighted by atomic mass is 10.1. The largest absolute Gasteiger partial charge is 0.497 e. The van der Waals surface area contributed by atoms with Crippen molar-refractivity contribution in [2.24, 2.45) is 4.99 Å². The number of nitrogens with zero attached hydrogens (tertiary/aromatic N) is 3. The SMILES string of the molecule is CCCN1C(=O)/C(=C\c2ccc(N(CC)CC)cc2)SC1=Nc1ccc(OC)cc1. The standard InChI is InChI=1S/C24H29N3O2S/c1-5-16-27-23(28)22(17-18-8-12-20(13-9-18)26(6-2)7-3)30-24(27)25-19-10-14-21(29-4)15-11-19/h8-15,17H,5-7,16H2,1-4H3/b22-17+,25-24?. The quantitative estimate of drug-likeness (QED) is 0.522. The third-order valence-corrected chi connectivity index (χ3v) is 5.96. The summed E-state index contributed by atoms with van der Waals surface area (Å²) >= 11 is 1.43. The van der Waals surface area contributed by atoms with Gasteiger partial charge >= 0.3 is 0 Å². The second-order valence-electron chi connectivity index (χ2n) is 6.92. The number of benzene rings is 2. The Balaban J connectivity index is 1.85. The molecule has 0 bridgehead atoms. The molecule has 1 amide bonds. The fourth-order valence-electron chi connectivity index (χ4n) is 3.30. The van der Waals surface area contributed by atoms with Gasteiger partial charge in [0.05, 0.1) is 17.7 Å². The first-order valence-electron chi connectivity index (χ1n) is 10.4. The highest BCUT2D eigenvalue weighted by molar-refractivity contribution is 8.18. The summed E-state index contributed by atoms with van der Waals surface area (Å²) in [6, 6.07) is 15.9. The lowest BCUT2D eigenvalue weighted by Crippen LogP contribution is -2.29. The molecule has 1 aliphatic heterocycles. The maximum Gasteiger partial charge on any atom is 0.266 e. The van der Waals surface area contributed by atoms with E-state index in [4.69, 9.17) is 9.73 Å². The Bertz CT molecular complexity index is 916. The van der Waals surface area contributed by atoms with Crippen LogP contribution in [-0.4, -0.2) is 42.7 Å². The highest BCUT2D eigenvalue weighted by Gasteiger charge is 2.32. The van der Waals surface area contributed by atoms with Crippen LogP contribution in [0.3, 0.4) is 0 Å². The fraction of sp³-hybridized carbons (Fsp3) is 0.333. The summed E-state index contributed by atoms with van der Waals surface area (Å²) in [5.41, 5.74) is 3.02. The van der Waals surface area contributed by atoms with Crippen molar-refractivity contribution in [2.45, 2.75) is 27.2 Å². The van der Waals surface area contributed by atoms with Gasteiger partial charge in [0.1, 0.15) is 5.75 Å². The highest BCUT2D eigenvalue weighted by Crippen LogP contribution is 2.34. The van der Waals surface area contributed by atoms with Crippen LogP contribution in [0.1, 0.15) is 32.8 Å². The number of methoxy groups -OCH3 is 1. The van der Waals surface area contributed by atoms with E-state index in [2.05, 4.69) is 49.9 Å². The van der Waals surface area contributed by atoms with Crippen LogP contribution in [0.2, 0.25) is 0 Å². The predicted molar refractivity (Wildman–Crippen MR) is 128 cm³/mol. The van der Waals surface area contributed by atoms with Crippen LogP contribution >= 0.6 is 11.8 Å². The first-order valence-corrected chi connectivity index (χ1v) is 11.2. The van der Waals surface area contributed by atoms with Gasteiger partial charge < -0.3 is 9.64 Å². The molecule has 0 aliphatic carbocycles. The van der Waals surface area contributed by atoms with Gasteiger partial charge in [0.25, 0.3) is 5.91 Å². The summed E-state index contributed by atoms with van der Waals surface area (Å²) in [7, 11) is 1.64. The third-order valence-electron chi connectivity index (χ3n) is 4.95. The van der Waals surface area contributed by atoms with E-state index >= 15 is 0 Å². The van der Waals surface area contributed by atoms with Gasteiger partial charge in [-0.25, -0.2) is 4.99 Å². The zero-order chi connectivity index (χ0) is 21.5. The van der Waals surface area contributed by atoms with E-state index in [0.29, 0.717) is 11.4 Å². The van der Waals surface area contributed by atoms with Gasteiger partial charge in [-0.1, -0.05) is 19.1 Å². The van der Waals surface area contributed by atoms with Crippen LogP contribution in [0.4, 0.5) is 11.4 Å². The monoisotopic (exact) mass is 423 g/mol. The van der Waals surface area contributed by atoms with Gasteiger partial charge in [-0.3, -0.25) is 9.69 Å². The molecule has 0 radical (unpaired) electrons. The maximum atomic E-state index is 13.0. The number of aliphatic imine (C=N–C) groups is 1. The lowest BCUT2D eigenvalue weighted by molar-refractivity contribution is -0.122. The van der Waals surface area contributed by atoms with E-state index in [1.807, 2.05) is 30.3 Å². The summed E-state index contributed by atoms with van der Waals surface area (Å²) < 4.78 is 5.21. The number of anilines is 1. The molecule has 2 aromatic carbocycles. The van der Waals surface area contributed by atoms with E-state index < -0.39 is 0 Å². The first kappa shape index (κ1) is 22.0. The van der Waals surface area contributed by atoms with E-state index in [0.717, 1.165) is 41.7 Å². The van der Waals surface area contributed by atoms with E-state index in [1.165, 1.54) is 17.4 Å². The van der Waals surface area contributed by atoms with Gasteiger partial charge in [0, 0.05) is 25.3 Å². The molecule has 1 heterocycles. The Kier molecular flexibility index (Phi) is 7.57. The molecule has 1 saturated heterocycles. The van der Waals surface area contributed by atoms with Crippen molar-refractivity contribution < 1.29 is 9.53 Å². The molecule has 0 saturated carbocycles. The molecule has 0 spiro atoms. The molecule has 1 aliphatic rings. The van der Waals surface area contributed by atoms with Gasteiger partial charge in [-0.2, -0.15) is 0 Å². The molecule has 0 aromatic heterocycles. The molecule has 1 fully saturated rings. The number of carbonyl (C=O) groups excluding carboxylic acids is 1. The minimum atomic E-state index is 0.0157. The number of rotatable bonds is 8. The highest BCUT2D eigenvalue weighted by atomic mass is 32.2. The minimum Gasteiger partial charge on any atom is -0.497 e. The third kappa shape index (κ3) is 5.05. The van der Waals surface area contributed by atoms with Crippen molar-refractivity contribution in [3.63, 3.8) is 0 Å². The van der Waals surface area contributed by atoms with Crippen LogP contribution in [0, 0.1) is 0 Å². The van der Waals surface area contributed by atoms with E-state index in [1.54, 1.807) is 12.0 Å². The summed E-state index contributed by atoms with van der Waals surface area (Å²) in [5, 5.41) is 0.720. The lowest BCUT2D eigenvalue weighted by Gasteiger charge is -2.20. The molecular weight excluding hydrogens is 394 g/mol. The molecule has 30 heavy (non-hydrogen) atoms. The van der Waals surface area contributed by atoms with Gasteiger partial charge in [-0.15, -0.1) is 0 Å². The molecule has 0 N–H and O–H groups in total. The molecule has 0 atom stereocenters. The van der Waals surface area contributed by atoms with Crippen molar-refractivity contribution in [3.8, 4) is 5.75 Å². The molecule has 2 aromatic rings. The Morgan fingerprint density at radius 1 is 1.03 bits per heavy atom. The summed E-state index contributed by atoms with van der Waals surface area (Å²) in [6.07, 6.45) is 2.83. The smallest absolute Gasteiger partial charge is 0.266 e. The van der Waals surface area contributed by atoms with Crippen LogP contribution in [0.25, 0.3) is 6.08 Å². The average molecular weight is 424 g/mol. The minimum absolute atomic E-state index is 0.0157. The summed E-state index contributed by atoms with van der Waals surface area (Å²) in [5.74, 6) is 0.801. The zero-order valence-corrected chi connectivity index (χ0v) is 18.9. The normalized spacial score (nSPS) is 16.5. The molecule has 5 nitrogen and oxygen atoms in total. The number of thioether (sulfide) groups is 1. The number of hydrogen-bond donors (Lipinski definition) is 0. The Morgan fingerprint density at radius 2 is 1.70 bits per heavy atom. The van der Waals surface area contributed by atoms with Crippen LogP contribution < -0.4 is 9.64 Å². The molecule has 6 heteroatoms. The number of hydrogen-bond acceptors (Lipinski definition) is 5. The van der Waals surface area contributed by atoms with E-state index in [9.17, 15) is 4.79 Å². The Labute approximate surface area is 183 Å². The van der Waals surface area contributed by atoms with Crippen LogP contribution in [0.5, 0.6) is 5.75 Å². The van der Waals surface area contributed by atoms with Gasteiger partial charge in [0.15, 0.2) is 5.17 Å². The average Bonchev–Trinajstić information content (AvgIpc) is 3.05. The van der Waals surface area contributed by atoms with Crippen LogP contribution in [-0.2, 0) is 4.79 Å². The number of carbonyl (C=O) groups is 1. The second kappa shape index (κ2) is 10.3. The van der Waals surface area contributed by atoms with Crippen molar-refractivity contribution in [1.82, 2.24) is 4.90 Å². The number of ether oxygens (including phenoxy) is 1. The Hall–Kier alpha value is -2.73. The van der Waals surface area contributed by atoms with Crippen molar-refractivity contribution in [2.75, 3.05) is 31.6 Å². The zero-order valence-electron chi connectivity index (χ0n) is 18.1. The Morgan fingerprint density at radius 3 is 2.27 bits per heavy atom. The fourth-order valence-corrected chi connectivity index (χ4v) is 4.33. The summed E-state index contributed by atoms with van der Waals surface area (Å²) in [4.78, 5) is 22.5. The van der Waals surface area contributed by atoms with Crippen LogP contribution in [0.15, 0.2) is 58.4 Å². The first-order chi connectivity index (χ1) is 14.6. The van der Waals surface area contributed by atoms with Crippen molar-refractivity contribution >= 4 is 40.3 Å². The number of amidine groups is 1. The van der Waals surface area contributed by atoms with Gasteiger partial charge in [-0.05, 0) is 80.1 Å². The molecule has 158 valence electrons. The molecular formula is C24H29N3O2S. The van der Waals surface area contributed by atoms with Crippen molar-refractivity contribution in [1.29, 1.82) is 0 Å². The predicted octanol–water partition coefficient (Wildman–Crippen LogP) is 5.56. The summed E-state index contributed by atoms with van der Waals surface area (Å²) in [6.45, 7) is 8.97. The molecule has 3 rings (SSSR count). The van der Waals surface area contributed by atoms with Crippen molar-refractivity contribution in [3.05, 3.63) is 59.0 Å². The number of amides is 1. The second-order valence-corrected chi connectivity index (χ2v) is 7.93. The molecule has 0 unspecified atom stereocenters.